The van der Waals surface area contributed by atoms with Crippen molar-refractivity contribution in [3.8, 4) is 5.75 Å². The number of rotatable bonds is 7. The Kier molecular flexibility index (Phi) is 5.59. The number of fused-ring (bicyclic) bond motifs is 3. The van der Waals surface area contributed by atoms with E-state index in [0.717, 1.165) is 30.9 Å². The standard InChI is InChI=1S/C26H32N2O2/c1-4-5-8-18-30-21-11-9-10-20(19-21)14-16-26-25(2,3)22-12-6-7-13-23(22)28(26)17-15-24(29)27-26/h6-7,9-14,16,19H,4-5,8,15,17-18H2,1-3H3,(H,27,29)/b16-14+. The van der Waals surface area contributed by atoms with Crippen LogP contribution in [0.3, 0.4) is 0 Å². The molecular weight excluding hydrogens is 372 g/mol. The zero-order valence-electron chi connectivity index (χ0n) is 18.3. The normalized spacial score (nSPS) is 22.0. The topological polar surface area (TPSA) is 41.6 Å². The highest BCUT2D eigenvalue weighted by Gasteiger charge is 2.57. The van der Waals surface area contributed by atoms with E-state index < -0.39 is 5.66 Å². The molecule has 1 amide bonds. The molecule has 2 aliphatic rings. The van der Waals surface area contributed by atoms with Crippen LogP contribution in [0.25, 0.3) is 6.08 Å². The minimum atomic E-state index is -0.579. The van der Waals surface area contributed by atoms with Gasteiger partial charge in [0.25, 0.3) is 0 Å². The van der Waals surface area contributed by atoms with Crippen LogP contribution in [-0.4, -0.2) is 24.7 Å². The maximum Gasteiger partial charge on any atom is 0.223 e. The van der Waals surface area contributed by atoms with E-state index >= 15 is 0 Å². The van der Waals surface area contributed by atoms with Gasteiger partial charge >= 0.3 is 0 Å². The van der Waals surface area contributed by atoms with Crippen LogP contribution in [0.15, 0.2) is 54.6 Å². The van der Waals surface area contributed by atoms with Crippen molar-refractivity contribution in [2.75, 3.05) is 18.1 Å². The van der Waals surface area contributed by atoms with Gasteiger partial charge in [0.2, 0.25) is 5.91 Å². The van der Waals surface area contributed by atoms with Crippen molar-refractivity contribution in [1.82, 2.24) is 5.32 Å². The van der Waals surface area contributed by atoms with E-state index in [-0.39, 0.29) is 11.3 Å². The molecule has 30 heavy (non-hydrogen) atoms. The smallest absolute Gasteiger partial charge is 0.223 e. The molecule has 0 aromatic heterocycles. The molecule has 0 saturated carbocycles. The number of hydrogen-bond acceptors (Lipinski definition) is 3. The zero-order chi connectivity index (χ0) is 21.2. The van der Waals surface area contributed by atoms with E-state index in [0.29, 0.717) is 6.42 Å². The summed E-state index contributed by atoms with van der Waals surface area (Å²) in [7, 11) is 0. The fourth-order valence-corrected chi connectivity index (χ4v) is 4.79. The van der Waals surface area contributed by atoms with Crippen molar-refractivity contribution in [3.63, 3.8) is 0 Å². The highest BCUT2D eigenvalue weighted by molar-refractivity contribution is 5.84. The molecule has 1 unspecified atom stereocenters. The van der Waals surface area contributed by atoms with Crippen LogP contribution in [0, 0.1) is 0 Å². The van der Waals surface area contributed by atoms with E-state index in [1.807, 2.05) is 12.1 Å². The van der Waals surface area contributed by atoms with Crippen molar-refractivity contribution in [2.45, 2.75) is 57.5 Å². The summed E-state index contributed by atoms with van der Waals surface area (Å²) in [5, 5.41) is 3.33. The van der Waals surface area contributed by atoms with Crippen LogP contribution in [-0.2, 0) is 10.2 Å². The Bertz CT molecular complexity index is 950. The van der Waals surface area contributed by atoms with Gasteiger partial charge in [-0.15, -0.1) is 0 Å². The summed E-state index contributed by atoms with van der Waals surface area (Å²) in [6.45, 7) is 8.10. The number of benzene rings is 2. The third-order valence-corrected chi connectivity index (χ3v) is 6.53. The quantitative estimate of drug-likeness (QED) is 0.638. The van der Waals surface area contributed by atoms with Gasteiger partial charge in [0.05, 0.1) is 6.61 Å². The number of nitrogens with zero attached hydrogens (tertiary/aromatic N) is 1. The SMILES string of the molecule is CCCCCOc1cccc(/C=C/C23NC(=O)CCN2c2ccccc2C3(C)C)c1. The van der Waals surface area contributed by atoms with Crippen molar-refractivity contribution in [1.29, 1.82) is 0 Å². The van der Waals surface area contributed by atoms with Gasteiger partial charge in [-0.2, -0.15) is 0 Å². The molecule has 4 nitrogen and oxygen atoms in total. The summed E-state index contributed by atoms with van der Waals surface area (Å²) in [6, 6.07) is 16.7. The van der Waals surface area contributed by atoms with Gasteiger partial charge in [-0.1, -0.05) is 70.0 Å². The molecular formula is C26H32N2O2. The maximum absolute atomic E-state index is 12.5. The van der Waals surface area contributed by atoms with Crippen LogP contribution in [0.4, 0.5) is 5.69 Å². The molecule has 4 heteroatoms. The van der Waals surface area contributed by atoms with Crippen LogP contribution < -0.4 is 15.0 Å². The predicted octanol–water partition coefficient (Wildman–Crippen LogP) is 5.28. The second-order valence-corrected chi connectivity index (χ2v) is 8.82. The van der Waals surface area contributed by atoms with E-state index in [1.54, 1.807) is 0 Å². The Morgan fingerprint density at radius 1 is 1.13 bits per heavy atom. The van der Waals surface area contributed by atoms with Gasteiger partial charge in [0, 0.05) is 24.1 Å². The van der Waals surface area contributed by atoms with Crippen LogP contribution in [0.5, 0.6) is 5.75 Å². The molecule has 2 aromatic rings. The second-order valence-electron chi connectivity index (χ2n) is 8.82. The summed E-state index contributed by atoms with van der Waals surface area (Å²) in [6.07, 6.45) is 8.25. The summed E-state index contributed by atoms with van der Waals surface area (Å²) in [4.78, 5) is 14.8. The number of nitrogens with one attached hydrogen (secondary N) is 1. The molecule has 1 fully saturated rings. The van der Waals surface area contributed by atoms with Gasteiger partial charge in [-0.25, -0.2) is 0 Å². The summed E-state index contributed by atoms with van der Waals surface area (Å²) >= 11 is 0. The Hall–Kier alpha value is -2.75. The van der Waals surface area contributed by atoms with E-state index in [1.165, 1.54) is 24.1 Å². The first-order valence-corrected chi connectivity index (χ1v) is 11.1. The predicted molar refractivity (Wildman–Crippen MR) is 123 cm³/mol. The molecule has 2 aliphatic heterocycles. The molecule has 1 saturated heterocycles. The molecule has 0 radical (unpaired) electrons. The second kappa shape index (κ2) is 8.17. The van der Waals surface area contributed by atoms with E-state index in [9.17, 15) is 4.79 Å². The average Bonchev–Trinajstić information content (AvgIpc) is 2.94. The zero-order valence-corrected chi connectivity index (χ0v) is 18.3. The number of amides is 1. The molecule has 2 aromatic carbocycles. The third kappa shape index (κ3) is 3.49. The number of para-hydroxylation sites is 1. The van der Waals surface area contributed by atoms with E-state index in [2.05, 4.69) is 79.5 Å². The Morgan fingerprint density at radius 3 is 2.80 bits per heavy atom. The van der Waals surface area contributed by atoms with Crippen molar-refractivity contribution in [3.05, 3.63) is 65.7 Å². The molecule has 1 N–H and O–H groups in total. The highest BCUT2D eigenvalue weighted by atomic mass is 16.5. The van der Waals surface area contributed by atoms with Gasteiger partial charge in [0.15, 0.2) is 0 Å². The number of ether oxygens (including phenoxy) is 1. The lowest BCUT2D eigenvalue weighted by Crippen LogP contribution is -2.68. The minimum Gasteiger partial charge on any atom is -0.494 e. The van der Waals surface area contributed by atoms with Gasteiger partial charge in [-0.05, 0) is 41.8 Å². The first kappa shape index (κ1) is 20.5. The van der Waals surface area contributed by atoms with Gasteiger partial charge < -0.3 is 15.0 Å². The molecule has 0 bridgehead atoms. The average molecular weight is 405 g/mol. The molecule has 0 aliphatic carbocycles. The first-order chi connectivity index (χ1) is 14.5. The van der Waals surface area contributed by atoms with E-state index in [4.69, 9.17) is 4.74 Å². The number of unbranched alkanes of at least 4 members (excludes halogenated alkanes) is 2. The van der Waals surface area contributed by atoms with Crippen molar-refractivity contribution in [2.24, 2.45) is 0 Å². The third-order valence-electron chi connectivity index (χ3n) is 6.53. The molecule has 1 atom stereocenters. The maximum atomic E-state index is 12.5. The Balaban J connectivity index is 1.64. The van der Waals surface area contributed by atoms with Crippen molar-refractivity contribution < 1.29 is 9.53 Å². The largest absolute Gasteiger partial charge is 0.494 e. The highest BCUT2D eigenvalue weighted by Crippen LogP contribution is 2.52. The van der Waals surface area contributed by atoms with Crippen LogP contribution in [0.2, 0.25) is 0 Å². The first-order valence-electron chi connectivity index (χ1n) is 11.1. The lowest BCUT2D eigenvalue weighted by Gasteiger charge is -2.49. The molecule has 158 valence electrons. The summed E-state index contributed by atoms with van der Waals surface area (Å²) in [5.74, 6) is 0.994. The number of anilines is 1. The molecule has 4 rings (SSSR count). The number of carbonyl (C=O) groups is 1. The lowest BCUT2D eigenvalue weighted by molar-refractivity contribution is -0.124. The summed E-state index contributed by atoms with van der Waals surface area (Å²) in [5.41, 5.74) is 2.71. The fraction of sp³-hybridized carbons (Fsp3) is 0.423. The van der Waals surface area contributed by atoms with Crippen LogP contribution in [0.1, 0.15) is 57.6 Å². The Labute approximate surface area is 179 Å². The van der Waals surface area contributed by atoms with Gasteiger partial charge in [-0.3, -0.25) is 4.79 Å². The van der Waals surface area contributed by atoms with Crippen molar-refractivity contribution >= 4 is 17.7 Å². The number of hydrogen-bond donors (Lipinski definition) is 1. The van der Waals surface area contributed by atoms with Gasteiger partial charge in [0.1, 0.15) is 11.4 Å². The fourth-order valence-electron chi connectivity index (χ4n) is 4.79. The summed E-state index contributed by atoms with van der Waals surface area (Å²) < 4.78 is 5.92. The van der Waals surface area contributed by atoms with Crippen LogP contribution >= 0.6 is 0 Å². The number of carbonyl (C=O) groups excluding carboxylic acids is 1. The monoisotopic (exact) mass is 404 g/mol. The molecule has 0 spiro atoms. The lowest BCUT2D eigenvalue weighted by atomic mass is 9.74. The molecule has 2 heterocycles. The minimum absolute atomic E-state index is 0.102. The Morgan fingerprint density at radius 2 is 1.97 bits per heavy atom.